The first-order valence-electron chi connectivity index (χ1n) is 7.63. The minimum Gasteiger partial charge on any atom is -0.394 e. The van der Waals surface area contributed by atoms with Crippen LogP contribution in [0.5, 0.6) is 0 Å². The van der Waals surface area contributed by atoms with Crippen LogP contribution in [0.3, 0.4) is 0 Å². The number of fused-ring (bicyclic) bond motifs is 5. The Morgan fingerprint density at radius 3 is 2.50 bits per heavy atom. The van der Waals surface area contributed by atoms with E-state index in [4.69, 9.17) is 0 Å². The molecule has 0 aromatic heterocycles. The van der Waals surface area contributed by atoms with Crippen molar-refractivity contribution in [2.45, 2.75) is 38.6 Å². The van der Waals surface area contributed by atoms with Gasteiger partial charge in [-0.1, -0.05) is 6.92 Å². The van der Waals surface area contributed by atoms with E-state index in [9.17, 15) is 9.90 Å². The normalized spacial score (nSPS) is 52.8. The number of hydrogen-bond acceptors (Lipinski definition) is 2. The molecular weight excluding hydrogens is 226 g/mol. The summed E-state index contributed by atoms with van der Waals surface area (Å²) in [6, 6.07) is 0.0940. The Kier molecular flexibility index (Phi) is 2.33. The van der Waals surface area contributed by atoms with E-state index in [0.29, 0.717) is 17.7 Å². The number of nitrogens with zero attached hydrogens (tertiary/aromatic N) is 1. The van der Waals surface area contributed by atoms with E-state index in [1.807, 2.05) is 4.90 Å². The Morgan fingerprint density at radius 1 is 1.22 bits per heavy atom. The molecule has 3 aliphatic carbocycles. The number of rotatable bonds is 2. The molecule has 3 heteroatoms. The van der Waals surface area contributed by atoms with Crippen molar-refractivity contribution >= 4 is 5.91 Å². The van der Waals surface area contributed by atoms with Crippen molar-refractivity contribution in [3.05, 3.63) is 0 Å². The molecule has 1 aliphatic heterocycles. The molecule has 3 nitrogen and oxygen atoms in total. The van der Waals surface area contributed by atoms with Crippen LogP contribution in [0.15, 0.2) is 0 Å². The van der Waals surface area contributed by atoms with Gasteiger partial charge in [0.25, 0.3) is 0 Å². The third-order valence-electron chi connectivity index (χ3n) is 6.37. The minimum atomic E-state index is 0.0940. The summed E-state index contributed by atoms with van der Waals surface area (Å²) in [5, 5.41) is 9.48. The first kappa shape index (κ1) is 11.3. The Hall–Kier alpha value is -0.570. The number of hydrogen-bond donors (Lipinski definition) is 1. The molecular formula is C15H23NO2. The summed E-state index contributed by atoms with van der Waals surface area (Å²) in [7, 11) is 0. The lowest BCUT2D eigenvalue weighted by atomic mass is 10.0. The van der Waals surface area contributed by atoms with Gasteiger partial charge in [-0.15, -0.1) is 0 Å². The lowest BCUT2D eigenvalue weighted by Crippen LogP contribution is -2.41. The van der Waals surface area contributed by atoms with Crippen molar-refractivity contribution in [1.82, 2.24) is 4.90 Å². The maximum atomic E-state index is 12.7. The summed E-state index contributed by atoms with van der Waals surface area (Å²) in [4.78, 5) is 14.7. The first-order valence-corrected chi connectivity index (χ1v) is 7.63. The Bertz CT molecular complexity index is 367. The van der Waals surface area contributed by atoms with E-state index in [2.05, 4.69) is 6.92 Å². The van der Waals surface area contributed by atoms with Crippen LogP contribution in [-0.2, 0) is 4.79 Å². The van der Waals surface area contributed by atoms with E-state index in [1.165, 1.54) is 19.3 Å². The molecule has 0 aromatic carbocycles. The summed E-state index contributed by atoms with van der Waals surface area (Å²) in [5.74, 6) is 4.37. The van der Waals surface area contributed by atoms with Crippen LogP contribution in [0.1, 0.15) is 32.6 Å². The maximum absolute atomic E-state index is 12.7. The maximum Gasteiger partial charge on any atom is 0.226 e. The topological polar surface area (TPSA) is 40.5 Å². The molecule has 0 spiro atoms. The van der Waals surface area contributed by atoms with Gasteiger partial charge >= 0.3 is 0 Å². The van der Waals surface area contributed by atoms with Crippen LogP contribution >= 0.6 is 0 Å². The van der Waals surface area contributed by atoms with Gasteiger partial charge in [0.2, 0.25) is 5.91 Å². The average Bonchev–Trinajstić information content (AvgIpc) is 2.71. The lowest BCUT2D eigenvalue weighted by Gasteiger charge is -2.26. The molecule has 0 aromatic rings. The van der Waals surface area contributed by atoms with Gasteiger partial charge in [0, 0.05) is 12.5 Å². The second-order valence-corrected chi connectivity index (χ2v) is 7.06. The van der Waals surface area contributed by atoms with Gasteiger partial charge < -0.3 is 10.0 Å². The molecule has 1 saturated heterocycles. The van der Waals surface area contributed by atoms with E-state index in [-0.39, 0.29) is 12.6 Å². The molecule has 6 atom stereocenters. The van der Waals surface area contributed by atoms with Gasteiger partial charge in [0.1, 0.15) is 0 Å². The standard InChI is InChI=1S/C15H23NO2/c1-8-4-5-16(11(8)7-17)15(18)14-12-9-2-3-10(6-9)13(12)14/h8-14,17H,2-7H2,1H3. The van der Waals surface area contributed by atoms with Gasteiger partial charge in [-0.05, 0) is 55.3 Å². The van der Waals surface area contributed by atoms with Crippen LogP contribution < -0.4 is 0 Å². The molecule has 2 bridgehead atoms. The van der Waals surface area contributed by atoms with Gasteiger partial charge in [-0.25, -0.2) is 0 Å². The Balaban J connectivity index is 1.49. The van der Waals surface area contributed by atoms with E-state index >= 15 is 0 Å². The molecule has 1 N–H and O–H groups in total. The SMILES string of the molecule is CC1CCN(C(=O)C2C3C4CCC(C4)C23)C1CO. The van der Waals surface area contributed by atoms with Crippen LogP contribution in [0.4, 0.5) is 0 Å². The quantitative estimate of drug-likeness (QED) is 0.806. The fourth-order valence-corrected chi connectivity index (χ4v) is 5.41. The predicted octanol–water partition coefficient (Wildman–Crippen LogP) is 1.51. The van der Waals surface area contributed by atoms with Crippen molar-refractivity contribution in [3.8, 4) is 0 Å². The molecule has 3 saturated carbocycles. The summed E-state index contributed by atoms with van der Waals surface area (Å²) < 4.78 is 0. The zero-order valence-electron chi connectivity index (χ0n) is 11.1. The number of carbonyl (C=O) groups excluding carboxylic acids is 1. The molecule has 4 fully saturated rings. The first-order chi connectivity index (χ1) is 8.72. The largest absolute Gasteiger partial charge is 0.394 e. The van der Waals surface area contributed by atoms with Gasteiger partial charge in [-0.3, -0.25) is 4.79 Å². The van der Waals surface area contributed by atoms with Crippen LogP contribution in [0.2, 0.25) is 0 Å². The molecule has 4 rings (SSSR count). The Labute approximate surface area is 109 Å². The number of aliphatic hydroxyl groups is 1. The minimum absolute atomic E-state index is 0.0940. The average molecular weight is 249 g/mol. The number of amides is 1. The summed E-state index contributed by atoms with van der Waals surface area (Å²) >= 11 is 0. The van der Waals surface area contributed by atoms with Crippen molar-refractivity contribution in [2.24, 2.45) is 35.5 Å². The van der Waals surface area contributed by atoms with Gasteiger partial charge in [-0.2, -0.15) is 0 Å². The smallest absolute Gasteiger partial charge is 0.226 e. The number of aliphatic hydroxyl groups excluding tert-OH is 1. The highest BCUT2D eigenvalue weighted by Gasteiger charge is 2.68. The monoisotopic (exact) mass is 249 g/mol. The highest BCUT2D eigenvalue weighted by Crippen LogP contribution is 2.69. The van der Waals surface area contributed by atoms with E-state index in [1.54, 1.807) is 0 Å². The molecule has 4 aliphatic rings. The molecule has 6 unspecified atom stereocenters. The third kappa shape index (κ3) is 1.31. The van der Waals surface area contributed by atoms with Crippen molar-refractivity contribution < 1.29 is 9.90 Å². The van der Waals surface area contributed by atoms with Crippen LogP contribution in [-0.4, -0.2) is 35.1 Å². The van der Waals surface area contributed by atoms with E-state index in [0.717, 1.165) is 36.6 Å². The second-order valence-electron chi connectivity index (χ2n) is 7.06. The molecule has 100 valence electrons. The van der Waals surface area contributed by atoms with Crippen LogP contribution in [0.25, 0.3) is 0 Å². The van der Waals surface area contributed by atoms with Gasteiger partial charge in [0.15, 0.2) is 0 Å². The van der Waals surface area contributed by atoms with Crippen molar-refractivity contribution in [1.29, 1.82) is 0 Å². The third-order valence-corrected chi connectivity index (χ3v) is 6.37. The van der Waals surface area contributed by atoms with Crippen molar-refractivity contribution in [3.63, 3.8) is 0 Å². The fourth-order valence-electron chi connectivity index (χ4n) is 5.41. The number of likely N-dealkylation sites (tertiary alicyclic amines) is 1. The highest BCUT2D eigenvalue weighted by atomic mass is 16.3. The van der Waals surface area contributed by atoms with E-state index < -0.39 is 0 Å². The summed E-state index contributed by atoms with van der Waals surface area (Å²) in [6.45, 7) is 3.17. The Morgan fingerprint density at radius 2 is 1.89 bits per heavy atom. The summed E-state index contributed by atoms with van der Waals surface area (Å²) in [6.07, 6.45) is 5.20. The zero-order valence-corrected chi connectivity index (χ0v) is 11.1. The summed E-state index contributed by atoms with van der Waals surface area (Å²) in [5.41, 5.74) is 0. The predicted molar refractivity (Wildman–Crippen MR) is 67.7 cm³/mol. The van der Waals surface area contributed by atoms with Gasteiger partial charge in [0.05, 0.1) is 12.6 Å². The highest BCUT2D eigenvalue weighted by molar-refractivity contribution is 5.83. The second kappa shape index (κ2) is 3.72. The fraction of sp³-hybridized carbons (Fsp3) is 0.933. The molecule has 1 heterocycles. The van der Waals surface area contributed by atoms with Crippen molar-refractivity contribution in [2.75, 3.05) is 13.2 Å². The molecule has 0 radical (unpaired) electrons. The van der Waals surface area contributed by atoms with Crippen LogP contribution in [0, 0.1) is 35.5 Å². The lowest BCUT2D eigenvalue weighted by molar-refractivity contribution is -0.135. The zero-order chi connectivity index (χ0) is 12.4. The molecule has 18 heavy (non-hydrogen) atoms. The molecule has 1 amide bonds. The number of carbonyl (C=O) groups is 1.